The molecule has 7 heteroatoms. The third-order valence-electron chi connectivity index (χ3n) is 3.09. The van der Waals surface area contributed by atoms with Crippen molar-refractivity contribution in [2.24, 2.45) is 5.92 Å². The van der Waals surface area contributed by atoms with E-state index in [1.54, 1.807) is 0 Å². The molecule has 0 aliphatic carbocycles. The van der Waals surface area contributed by atoms with Crippen LogP contribution in [0.15, 0.2) is 12.1 Å². The molecule has 0 radical (unpaired) electrons. The lowest BCUT2D eigenvalue weighted by molar-refractivity contribution is -0.384. The van der Waals surface area contributed by atoms with Gasteiger partial charge in [0.05, 0.1) is 16.6 Å². The van der Waals surface area contributed by atoms with Gasteiger partial charge < -0.3 is 10.4 Å². The van der Waals surface area contributed by atoms with Crippen LogP contribution in [0.1, 0.15) is 44.0 Å². The summed E-state index contributed by atoms with van der Waals surface area (Å²) in [6, 6.07) is 1.53. The van der Waals surface area contributed by atoms with Gasteiger partial charge in [0.15, 0.2) is 0 Å². The van der Waals surface area contributed by atoms with Crippen LogP contribution < -0.4 is 5.32 Å². The summed E-state index contributed by atoms with van der Waals surface area (Å²) in [5, 5.41) is 22.7. The number of rotatable bonds is 7. The Labute approximate surface area is 122 Å². The van der Waals surface area contributed by atoms with Crippen LogP contribution in [0.2, 0.25) is 0 Å². The Kier molecular flexibility index (Phi) is 5.63. The first kappa shape index (κ1) is 16.9. The Hall–Kier alpha value is -2.18. The Morgan fingerprint density at radius 1 is 1.38 bits per heavy atom. The maximum absolute atomic E-state index is 13.5. The molecule has 0 amide bonds. The number of nitro groups is 1. The van der Waals surface area contributed by atoms with Crippen molar-refractivity contribution in [1.82, 2.24) is 0 Å². The van der Waals surface area contributed by atoms with Gasteiger partial charge in [0, 0.05) is 6.04 Å². The molecule has 2 N–H and O–H groups in total. The normalized spacial score (nSPS) is 12.2. The number of anilines is 1. The molecule has 1 unspecified atom stereocenters. The summed E-state index contributed by atoms with van der Waals surface area (Å²) in [6.45, 7) is 5.97. The van der Waals surface area contributed by atoms with E-state index in [0.29, 0.717) is 12.0 Å². The number of carboxylic acids is 1. The zero-order valence-corrected chi connectivity index (χ0v) is 12.2. The van der Waals surface area contributed by atoms with Gasteiger partial charge in [-0.1, -0.05) is 13.8 Å². The van der Waals surface area contributed by atoms with E-state index in [2.05, 4.69) is 19.2 Å². The molecule has 1 rings (SSSR count). The van der Waals surface area contributed by atoms with Gasteiger partial charge in [0.2, 0.25) is 0 Å². The number of hydrogen-bond acceptors (Lipinski definition) is 4. The molecule has 0 spiro atoms. The highest BCUT2D eigenvalue weighted by Gasteiger charge is 2.22. The van der Waals surface area contributed by atoms with Crippen molar-refractivity contribution in [2.75, 3.05) is 5.32 Å². The van der Waals surface area contributed by atoms with Crippen molar-refractivity contribution < 1.29 is 19.2 Å². The lowest BCUT2D eigenvalue weighted by Crippen LogP contribution is -2.17. The van der Waals surface area contributed by atoms with Crippen molar-refractivity contribution in [3.05, 3.63) is 33.6 Å². The molecule has 0 fully saturated rings. The molecule has 0 aliphatic rings. The van der Waals surface area contributed by atoms with E-state index in [4.69, 9.17) is 5.11 Å². The lowest BCUT2D eigenvalue weighted by Gasteiger charge is -2.17. The average molecular weight is 298 g/mol. The van der Waals surface area contributed by atoms with Crippen LogP contribution in [0.5, 0.6) is 0 Å². The molecule has 0 saturated heterocycles. The molecular weight excluding hydrogens is 279 g/mol. The molecule has 116 valence electrons. The quantitative estimate of drug-likeness (QED) is 0.592. The molecule has 1 atom stereocenters. The van der Waals surface area contributed by atoms with E-state index in [1.807, 2.05) is 6.92 Å². The van der Waals surface area contributed by atoms with E-state index in [9.17, 15) is 19.3 Å². The number of hydrogen-bond donors (Lipinski definition) is 2. The second kappa shape index (κ2) is 7.01. The smallest absolute Gasteiger partial charge is 0.338 e. The third-order valence-corrected chi connectivity index (χ3v) is 3.09. The van der Waals surface area contributed by atoms with Crippen molar-refractivity contribution >= 4 is 17.3 Å². The van der Waals surface area contributed by atoms with Gasteiger partial charge in [-0.2, -0.15) is 0 Å². The fourth-order valence-corrected chi connectivity index (χ4v) is 1.91. The fraction of sp³-hybridized carbons (Fsp3) is 0.500. The average Bonchev–Trinajstić information content (AvgIpc) is 2.37. The fourth-order valence-electron chi connectivity index (χ4n) is 1.91. The first-order valence-corrected chi connectivity index (χ1v) is 6.70. The summed E-state index contributed by atoms with van der Waals surface area (Å²) in [5.41, 5.74) is -1.02. The minimum atomic E-state index is -1.46. The summed E-state index contributed by atoms with van der Waals surface area (Å²) in [6.07, 6.45) is 1.70. The van der Waals surface area contributed by atoms with Crippen LogP contribution in [-0.2, 0) is 0 Å². The second-order valence-corrected chi connectivity index (χ2v) is 5.43. The molecule has 0 aliphatic heterocycles. The molecule has 0 aromatic heterocycles. The predicted octanol–water partition coefficient (Wildman–Crippen LogP) is 3.67. The Morgan fingerprint density at radius 2 is 2.00 bits per heavy atom. The number of carbonyl (C=O) groups is 1. The van der Waals surface area contributed by atoms with Crippen molar-refractivity contribution in [2.45, 2.75) is 39.7 Å². The number of halogens is 1. The number of benzene rings is 1. The monoisotopic (exact) mass is 298 g/mol. The van der Waals surface area contributed by atoms with Gasteiger partial charge in [-0.25, -0.2) is 9.18 Å². The van der Waals surface area contributed by atoms with E-state index >= 15 is 0 Å². The first-order chi connectivity index (χ1) is 9.72. The van der Waals surface area contributed by atoms with Crippen molar-refractivity contribution in [3.8, 4) is 0 Å². The van der Waals surface area contributed by atoms with Crippen molar-refractivity contribution in [1.29, 1.82) is 0 Å². The predicted molar refractivity (Wildman–Crippen MR) is 77.2 cm³/mol. The maximum atomic E-state index is 13.5. The zero-order chi connectivity index (χ0) is 16.2. The highest BCUT2D eigenvalue weighted by atomic mass is 19.1. The molecule has 0 saturated carbocycles. The van der Waals surface area contributed by atoms with Crippen LogP contribution >= 0.6 is 0 Å². The minimum Gasteiger partial charge on any atom is -0.478 e. The number of nitrogens with one attached hydrogen (secondary N) is 1. The van der Waals surface area contributed by atoms with Crippen LogP contribution in [0, 0.1) is 21.8 Å². The van der Waals surface area contributed by atoms with Gasteiger partial charge >= 0.3 is 5.97 Å². The molecule has 1 aromatic carbocycles. The van der Waals surface area contributed by atoms with E-state index in [0.717, 1.165) is 18.9 Å². The number of nitro benzene ring substituents is 1. The van der Waals surface area contributed by atoms with Crippen LogP contribution in [0.3, 0.4) is 0 Å². The SMILES string of the molecule is CC(C)CCC(C)Nc1cc(C(=O)O)c(F)cc1[N+](=O)[O-]. The Morgan fingerprint density at radius 3 is 2.48 bits per heavy atom. The van der Waals surface area contributed by atoms with E-state index < -0.39 is 28.0 Å². The Balaban J connectivity index is 3.05. The maximum Gasteiger partial charge on any atom is 0.338 e. The molecule has 0 bridgehead atoms. The molecule has 0 heterocycles. The summed E-state index contributed by atoms with van der Waals surface area (Å²) in [4.78, 5) is 21.1. The highest BCUT2D eigenvalue weighted by Crippen LogP contribution is 2.29. The van der Waals surface area contributed by atoms with Gasteiger partial charge in [0.25, 0.3) is 5.69 Å². The molecule has 21 heavy (non-hydrogen) atoms. The second-order valence-electron chi connectivity index (χ2n) is 5.43. The van der Waals surface area contributed by atoms with Crippen LogP contribution in [0.4, 0.5) is 15.8 Å². The zero-order valence-electron chi connectivity index (χ0n) is 12.2. The minimum absolute atomic E-state index is 0.0232. The van der Waals surface area contributed by atoms with Gasteiger partial charge in [0.1, 0.15) is 11.5 Å². The van der Waals surface area contributed by atoms with E-state index in [1.165, 1.54) is 0 Å². The first-order valence-electron chi connectivity index (χ1n) is 6.70. The largest absolute Gasteiger partial charge is 0.478 e. The van der Waals surface area contributed by atoms with E-state index in [-0.39, 0.29) is 11.7 Å². The molecule has 6 nitrogen and oxygen atoms in total. The number of carboxylic acid groups (broad SMARTS) is 1. The summed E-state index contributed by atoms with van der Waals surface area (Å²) in [7, 11) is 0. The van der Waals surface area contributed by atoms with Gasteiger partial charge in [-0.15, -0.1) is 0 Å². The van der Waals surface area contributed by atoms with Crippen LogP contribution in [-0.4, -0.2) is 22.0 Å². The molecule has 1 aromatic rings. The highest BCUT2D eigenvalue weighted by molar-refractivity contribution is 5.90. The van der Waals surface area contributed by atoms with Gasteiger partial charge in [-0.3, -0.25) is 10.1 Å². The summed E-state index contributed by atoms with van der Waals surface area (Å²) >= 11 is 0. The summed E-state index contributed by atoms with van der Waals surface area (Å²) in [5.74, 6) is -2.08. The van der Waals surface area contributed by atoms with Crippen molar-refractivity contribution in [3.63, 3.8) is 0 Å². The van der Waals surface area contributed by atoms with Crippen LogP contribution in [0.25, 0.3) is 0 Å². The topological polar surface area (TPSA) is 92.5 Å². The number of aromatic carboxylic acids is 1. The lowest BCUT2D eigenvalue weighted by atomic mass is 10.0. The summed E-state index contributed by atoms with van der Waals surface area (Å²) < 4.78 is 13.5. The Bertz CT molecular complexity index is 546. The number of nitrogens with zero attached hydrogens (tertiary/aromatic N) is 1. The molecular formula is C14H19FN2O4. The standard InChI is InChI=1S/C14H19FN2O4/c1-8(2)4-5-9(3)16-12-6-10(14(18)19)11(15)7-13(12)17(20)21/h6-9,16H,4-5H2,1-3H3,(H,18,19). The third kappa shape index (κ3) is 4.70. The van der Waals surface area contributed by atoms with Gasteiger partial charge in [-0.05, 0) is 31.7 Å².